The predicted molar refractivity (Wildman–Crippen MR) is 144 cm³/mol. The number of methoxy groups -OCH3 is 1. The molecule has 0 aliphatic heterocycles. The molecule has 35 heavy (non-hydrogen) atoms. The van der Waals surface area contributed by atoms with Gasteiger partial charge >= 0.3 is 6.01 Å². The van der Waals surface area contributed by atoms with Gasteiger partial charge in [0, 0.05) is 35.9 Å². The zero-order valence-corrected chi connectivity index (χ0v) is 22.1. The van der Waals surface area contributed by atoms with Gasteiger partial charge in [-0.25, -0.2) is 19.9 Å². The number of benzene rings is 2. The van der Waals surface area contributed by atoms with Gasteiger partial charge in [-0.3, -0.25) is 0 Å². The van der Waals surface area contributed by atoms with Crippen LogP contribution in [0.25, 0.3) is 22.5 Å². The number of hydrogen-bond donors (Lipinski definition) is 0. The van der Waals surface area contributed by atoms with Crippen LogP contribution < -0.4 is 4.74 Å². The Morgan fingerprint density at radius 2 is 0.971 bits per heavy atom. The van der Waals surface area contributed by atoms with Crippen LogP contribution in [0.1, 0.15) is 58.2 Å². The lowest BCUT2D eigenvalue weighted by molar-refractivity contribution is 0.380. The third-order valence-electron chi connectivity index (χ3n) is 5.69. The maximum Gasteiger partial charge on any atom is 0.316 e. The fourth-order valence-corrected chi connectivity index (χ4v) is 3.39. The number of aryl methyl sites for hydroxylation is 1. The van der Waals surface area contributed by atoms with Gasteiger partial charge in [0.05, 0.1) is 7.11 Å². The van der Waals surface area contributed by atoms with Crippen molar-refractivity contribution in [2.75, 3.05) is 7.11 Å². The number of rotatable bonds is 3. The summed E-state index contributed by atoms with van der Waals surface area (Å²) in [5.74, 6) is 0.788. The Morgan fingerprint density at radius 3 is 1.37 bits per heavy atom. The van der Waals surface area contributed by atoms with Gasteiger partial charge in [-0.1, -0.05) is 90.1 Å². The quantitative estimate of drug-likeness (QED) is 0.318. The van der Waals surface area contributed by atoms with Crippen LogP contribution in [-0.2, 0) is 10.8 Å². The summed E-state index contributed by atoms with van der Waals surface area (Å²) >= 11 is 0. The molecule has 0 bridgehead atoms. The Morgan fingerprint density at radius 1 is 0.543 bits per heavy atom. The molecule has 0 unspecified atom stereocenters. The van der Waals surface area contributed by atoms with Crippen molar-refractivity contribution in [3.05, 3.63) is 90.0 Å². The molecule has 0 fully saturated rings. The first-order chi connectivity index (χ1) is 16.5. The molecule has 0 aliphatic rings. The highest BCUT2D eigenvalue weighted by molar-refractivity contribution is 5.62. The van der Waals surface area contributed by atoms with E-state index in [1.807, 2.05) is 19.3 Å². The third-order valence-corrected chi connectivity index (χ3v) is 5.69. The van der Waals surface area contributed by atoms with E-state index in [1.165, 1.54) is 11.1 Å². The number of aromatic nitrogens is 4. The van der Waals surface area contributed by atoms with Crippen LogP contribution in [0.5, 0.6) is 6.01 Å². The Labute approximate surface area is 209 Å². The zero-order chi connectivity index (χ0) is 25.6. The van der Waals surface area contributed by atoms with Crippen molar-refractivity contribution < 1.29 is 4.74 Å². The first kappa shape index (κ1) is 26.0. The number of hydrogen-bond acceptors (Lipinski definition) is 5. The second kappa shape index (κ2) is 10.8. The number of ether oxygens (including phenoxy) is 1. The van der Waals surface area contributed by atoms with Crippen LogP contribution in [0.15, 0.2) is 73.3 Å². The van der Waals surface area contributed by atoms with Gasteiger partial charge in [-0.2, -0.15) is 0 Å². The molecule has 0 saturated heterocycles. The molecule has 0 aliphatic carbocycles. The second-order valence-corrected chi connectivity index (χ2v) is 10.7. The lowest BCUT2D eigenvalue weighted by Crippen LogP contribution is -2.10. The van der Waals surface area contributed by atoms with Crippen LogP contribution in [0, 0.1) is 6.92 Å². The first-order valence-electron chi connectivity index (χ1n) is 11.8. The summed E-state index contributed by atoms with van der Waals surface area (Å²) in [5.41, 5.74) is 7.27. The molecule has 0 N–H and O–H groups in total. The van der Waals surface area contributed by atoms with E-state index in [4.69, 9.17) is 4.74 Å². The van der Waals surface area contributed by atoms with Crippen LogP contribution >= 0.6 is 0 Å². The molecule has 2 aromatic heterocycles. The van der Waals surface area contributed by atoms with Gasteiger partial charge in [0.25, 0.3) is 0 Å². The normalized spacial score (nSPS) is 11.4. The molecule has 0 saturated carbocycles. The lowest BCUT2D eigenvalue weighted by atomic mass is 9.86. The summed E-state index contributed by atoms with van der Waals surface area (Å²) < 4.78 is 4.95. The molecule has 182 valence electrons. The van der Waals surface area contributed by atoms with E-state index in [0.717, 1.165) is 28.1 Å². The molecule has 2 aromatic carbocycles. The fraction of sp³-hybridized carbons (Fsp3) is 0.333. The first-order valence-corrected chi connectivity index (χ1v) is 11.8. The molecule has 5 heteroatoms. The summed E-state index contributed by atoms with van der Waals surface area (Å²) in [6.45, 7) is 15.3. The van der Waals surface area contributed by atoms with Gasteiger partial charge in [-0.15, -0.1) is 0 Å². The van der Waals surface area contributed by atoms with Gasteiger partial charge in [0.1, 0.15) is 0 Å². The third kappa shape index (κ3) is 7.19. The maximum absolute atomic E-state index is 4.95. The molecule has 0 atom stereocenters. The van der Waals surface area contributed by atoms with Crippen molar-refractivity contribution >= 4 is 0 Å². The Bertz CT molecular complexity index is 1200. The van der Waals surface area contributed by atoms with Crippen LogP contribution in [0.2, 0.25) is 0 Å². The Kier molecular flexibility index (Phi) is 8.00. The highest BCUT2D eigenvalue weighted by Crippen LogP contribution is 2.26. The van der Waals surface area contributed by atoms with Gasteiger partial charge in [0.15, 0.2) is 5.82 Å². The average molecular weight is 469 g/mol. The Balaban J connectivity index is 0.000000196. The SMILES string of the molecule is COc1ncc(-c2ccc(C(C)(C)C)cc2)cn1.Cc1cnc(-c2ccc(C(C)(C)C)cc2)nc1. The van der Waals surface area contributed by atoms with Crippen molar-refractivity contribution in [3.63, 3.8) is 0 Å². The van der Waals surface area contributed by atoms with Crippen LogP contribution in [0.3, 0.4) is 0 Å². The average Bonchev–Trinajstić information content (AvgIpc) is 2.84. The molecule has 0 amide bonds. The molecule has 2 heterocycles. The predicted octanol–water partition coefficient (Wildman–Crippen LogP) is 7.20. The van der Waals surface area contributed by atoms with Gasteiger partial charge < -0.3 is 4.74 Å². The highest BCUT2D eigenvalue weighted by Gasteiger charge is 2.14. The van der Waals surface area contributed by atoms with Gasteiger partial charge in [0.2, 0.25) is 0 Å². The monoisotopic (exact) mass is 468 g/mol. The van der Waals surface area contributed by atoms with E-state index in [1.54, 1.807) is 19.5 Å². The molecule has 0 spiro atoms. The van der Waals surface area contributed by atoms with Crippen molar-refractivity contribution in [1.29, 1.82) is 0 Å². The number of nitrogens with zero attached hydrogens (tertiary/aromatic N) is 4. The van der Waals surface area contributed by atoms with Crippen LogP contribution in [0.4, 0.5) is 0 Å². The van der Waals surface area contributed by atoms with E-state index in [9.17, 15) is 0 Å². The molecule has 0 radical (unpaired) electrons. The topological polar surface area (TPSA) is 60.8 Å². The molecule has 4 rings (SSSR count). The van der Waals surface area contributed by atoms with E-state index in [-0.39, 0.29) is 10.8 Å². The standard InChI is InChI=1S/C15H18N2O.C15H18N2/c1-15(2,3)13-7-5-11(6-8-13)12-9-16-14(18-4)17-10-12;1-11-9-16-14(17-10-11)12-5-7-13(8-6-12)15(2,3)4/h5-10H,1-4H3;5-10H,1-4H3. The van der Waals surface area contributed by atoms with Crippen molar-refractivity contribution in [1.82, 2.24) is 19.9 Å². The molecular weight excluding hydrogens is 432 g/mol. The smallest absolute Gasteiger partial charge is 0.316 e. The highest BCUT2D eigenvalue weighted by atomic mass is 16.5. The maximum atomic E-state index is 4.95. The van der Waals surface area contributed by atoms with E-state index in [2.05, 4.69) is 110 Å². The lowest BCUT2D eigenvalue weighted by Gasteiger charge is -2.19. The van der Waals surface area contributed by atoms with Crippen molar-refractivity contribution in [3.8, 4) is 28.5 Å². The molecule has 5 nitrogen and oxygen atoms in total. The zero-order valence-electron chi connectivity index (χ0n) is 22.1. The van der Waals surface area contributed by atoms with Crippen LogP contribution in [-0.4, -0.2) is 27.0 Å². The minimum absolute atomic E-state index is 0.176. The molecular formula is C30H36N4O. The summed E-state index contributed by atoms with van der Waals surface area (Å²) in [6, 6.07) is 17.4. The van der Waals surface area contributed by atoms with Gasteiger partial charge in [-0.05, 0) is 40.0 Å². The second-order valence-electron chi connectivity index (χ2n) is 10.7. The summed E-state index contributed by atoms with van der Waals surface area (Å²) in [4.78, 5) is 16.9. The minimum Gasteiger partial charge on any atom is -0.467 e. The van der Waals surface area contributed by atoms with Crippen molar-refractivity contribution in [2.24, 2.45) is 0 Å². The summed E-state index contributed by atoms with van der Waals surface area (Å²) in [6.07, 6.45) is 7.25. The van der Waals surface area contributed by atoms with E-state index >= 15 is 0 Å². The molecule has 4 aromatic rings. The van der Waals surface area contributed by atoms with Crippen molar-refractivity contribution in [2.45, 2.75) is 59.3 Å². The summed E-state index contributed by atoms with van der Waals surface area (Å²) in [7, 11) is 1.56. The largest absolute Gasteiger partial charge is 0.467 e. The summed E-state index contributed by atoms with van der Waals surface area (Å²) in [5, 5.41) is 0. The van der Waals surface area contributed by atoms with E-state index in [0.29, 0.717) is 6.01 Å². The van der Waals surface area contributed by atoms with E-state index < -0.39 is 0 Å². The fourth-order valence-electron chi connectivity index (χ4n) is 3.39. The minimum atomic E-state index is 0.176. The Hall–Kier alpha value is -3.60.